The number of hydrogen-bond donors (Lipinski definition) is 2. The first-order chi connectivity index (χ1) is 13.7. The number of Topliss-reactive ketones (excluding diaryl/α,β-unsaturated/α-hetero) is 1. The van der Waals surface area contributed by atoms with Crippen LogP contribution in [0.4, 0.5) is 5.69 Å². The van der Waals surface area contributed by atoms with E-state index in [1.165, 1.54) is 5.69 Å². The molecule has 1 aliphatic rings. The number of ketones is 1. The summed E-state index contributed by atoms with van der Waals surface area (Å²) in [5, 5.41) is 0. The van der Waals surface area contributed by atoms with Gasteiger partial charge >= 0.3 is 0 Å². The summed E-state index contributed by atoms with van der Waals surface area (Å²) in [6.07, 6.45) is 4.58. The van der Waals surface area contributed by atoms with Crippen LogP contribution in [0.25, 0.3) is 22.4 Å². The van der Waals surface area contributed by atoms with Gasteiger partial charge in [-0.25, -0.2) is 9.97 Å². The Balaban J connectivity index is 1.70. The van der Waals surface area contributed by atoms with E-state index in [9.17, 15) is 4.79 Å². The highest BCUT2D eigenvalue weighted by Crippen LogP contribution is 2.34. The van der Waals surface area contributed by atoms with Crippen LogP contribution in [-0.4, -0.2) is 40.4 Å². The molecule has 1 aromatic carbocycles. The summed E-state index contributed by atoms with van der Waals surface area (Å²) in [4.78, 5) is 27.6. The third kappa shape index (κ3) is 3.65. The molecular weight excluding hydrogens is 362 g/mol. The number of H-pyrrole nitrogens is 1. The van der Waals surface area contributed by atoms with Gasteiger partial charge in [0.15, 0.2) is 11.4 Å². The third-order valence-electron chi connectivity index (χ3n) is 5.86. The zero-order chi connectivity index (χ0) is 20.8. The molecule has 3 N–H and O–H groups in total. The van der Waals surface area contributed by atoms with Crippen LogP contribution in [0.2, 0.25) is 0 Å². The summed E-state index contributed by atoms with van der Waals surface area (Å²) in [7, 11) is 0. The van der Waals surface area contributed by atoms with Crippen molar-refractivity contribution in [1.82, 2.24) is 15.0 Å². The Hall–Kier alpha value is -2.73. The Morgan fingerprint density at radius 2 is 2.14 bits per heavy atom. The van der Waals surface area contributed by atoms with Crippen LogP contribution in [0.5, 0.6) is 0 Å². The Bertz CT molecular complexity index is 1060. The van der Waals surface area contributed by atoms with E-state index in [1.807, 2.05) is 32.9 Å². The molecule has 1 aliphatic heterocycles. The first kappa shape index (κ1) is 19.6. The molecule has 0 amide bonds. The number of aromatic amines is 1. The fourth-order valence-electron chi connectivity index (χ4n) is 3.88. The van der Waals surface area contributed by atoms with E-state index in [0.717, 1.165) is 30.8 Å². The lowest BCUT2D eigenvalue weighted by atomic mass is 9.87. The normalized spacial score (nSPS) is 19.8. The molecule has 4 rings (SSSR count). The highest BCUT2D eigenvalue weighted by molar-refractivity contribution is 6.08. The minimum atomic E-state index is -0.474. The number of rotatable bonds is 4. The van der Waals surface area contributed by atoms with Gasteiger partial charge in [-0.1, -0.05) is 39.8 Å². The fraction of sp³-hybridized carbons (Fsp3) is 0.435. The number of nitrogens with zero attached hydrogens (tertiary/aromatic N) is 3. The maximum atomic E-state index is 12.8. The van der Waals surface area contributed by atoms with Gasteiger partial charge < -0.3 is 15.6 Å². The van der Waals surface area contributed by atoms with Crippen molar-refractivity contribution < 1.29 is 4.79 Å². The molecule has 1 saturated heterocycles. The average Bonchev–Trinajstić information content (AvgIpc) is 3.30. The van der Waals surface area contributed by atoms with Crippen LogP contribution >= 0.6 is 0 Å². The average molecular weight is 392 g/mol. The van der Waals surface area contributed by atoms with Gasteiger partial charge in [0.05, 0.1) is 17.5 Å². The van der Waals surface area contributed by atoms with E-state index < -0.39 is 5.41 Å². The van der Waals surface area contributed by atoms with Crippen molar-refractivity contribution in [3.63, 3.8) is 0 Å². The standard InChI is InChI=1S/C23H29N5O/c1-22(2,3)20(29)17-11-25-21-19(17)27-18(12-26-21)15-6-5-7-16(10-15)28-9-8-23(4,13-24)14-28/h5-7,10-12H,8-9,13-14,24H2,1-4H3,(H,25,26). The predicted octanol–water partition coefficient (Wildman–Crippen LogP) is 4.03. The van der Waals surface area contributed by atoms with Crippen LogP contribution in [0, 0.1) is 10.8 Å². The molecule has 1 unspecified atom stereocenters. The lowest BCUT2D eigenvalue weighted by molar-refractivity contribution is 0.0860. The zero-order valence-corrected chi connectivity index (χ0v) is 17.6. The van der Waals surface area contributed by atoms with Crippen LogP contribution in [0.3, 0.4) is 0 Å². The number of nitrogens with two attached hydrogens (primary N) is 1. The number of hydrogen-bond acceptors (Lipinski definition) is 5. The van der Waals surface area contributed by atoms with Crippen molar-refractivity contribution in [3.05, 3.63) is 42.2 Å². The number of anilines is 1. The van der Waals surface area contributed by atoms with E-state index >= 15 is 0 Å². The molecule has 0 saturated carbocycles. The summed E-state index contributed by atoms with van der Waals surface area (Å²) in [6, 6.07) is 8.36. The maximum absolute atomic E-state index is 12.8. The Morgan fingerprint density at radius 3 is 2.83 bits per heavy atom. The van der Waals surface area contributed by atoms with Crippen molar-refractivity contribution in [3.8, 4) is 11.3 Å². The minimum absolute atomic E-state index is 0.0575. The monoisotopic (exact) mass is 391 g/mol. The Labute approximate surface area is 171 Å². The predicted molar refractivity (Wildman–Crippen MR) is 117 cm³/mol. The topological polar surface area (TPSA) is 87.9 Å². The van der Waals surface area contributed by atoms with Crippen LogP contribution < -0.4 is 10.6 Å². The molecule has 152 valence electrons. The number of nitrogens with one attached hydrogen (secondary N) is 1. The van der Waals surface area contributed by atoms with E-state index in [2.05, 4.69) is 33.9 Å². The number of benzene rings is 1. The lowest BCUT2D eigenvalue weighted by Gasteiger charge is -2.24. The van der Waals surface area contributed by atoms with Crippen molar-refractivity contribution in [2.24, 2.45) is 16.6 Å². The van der Waals surface area contributed by atoms with Crippen molar-refractivity contribution in [1.29, 1.82) is 0 Å². The molecule has 0 aliphatic carbocycles. The summed E-state index contributed by atoms with van der Waals surface area (Å²) < 4.78 is 0. The van der Waals surface area contributed by atoms with Gasteiger partial charge in [-0.2, -0.15) is 0 Å². The number of aromatic nitrogens is 3. The molecular formula is C23H29N5O. The van der Waals surface area contributed by atoms with Gasteiger partial charge in [-0.05, 0) is 30.5 Å². The molecule has 6 nitrogen and oxygen atoms in total. The molecule has 1 fully saturated rings. The van der Waals surface area contributed by atoms with Gasteiger partial charge in [0.25, 0.3) is 0 Å². The van der Waals surface area contributed by atoms with Crippen LogP contribution in [0.1, 0.15) is 44.5 Å². The Kier molecular flexibility index (Phi) is 4.69. The van der Waals surface area contributed by atoms with Gasteiger partial charge in [-0.15, -0.1) is 0 Å². The molecule has 29 heavy (non-hydrogen) atoms. The molecule has 0 radical (unpaired) electrons. The second kappa shape index (κ2) is 6.95. The molecule has 0 spiro atoms. The molecule has 0 bridgehead atoms. The van der Waals surface area contributed by atoms with Crippen molar-refractivity contribution in [2.45, 2.75) is 34.1 Å². The highest BCUT2D eigenvalue weighted by Gasteiger charge is 2.32. The summed E-state index contributed by atoms with van der Waals surface area (Å²) in [6.45, 7) is 10.7. The van der Waals surface area contributed by atoms with Crippen molar-refractivity contribution in [2.75, 3.05) is 24.5 Å². The first-order valence-corrected chi connectivity index (χ1v) is 10.1. The van der Waals surface area contributed by atoms with E-state index in [0.29, 0.717) is 23.3 Å². The van der Waals surface area contributed by atoms with E-state index in [4.69, 9.17) is 10.7 Å². The lowest BCUT2D eigenvalue weighted by Crippen LogP contribution is -2.31. The highest BCUT2D eigenvalue weighted by atomic mass is 16.1. The van der Waals surface area contributed by atoms with E-state index in [-0.39, 0.29) is 11.2 Å². The number of carbonyl (C=O) groups excluding carboxylic acids is 1. The first-order valence-electron chi connectivity index (χ1n) is 10.1. The van der Waals surface area contributed by atoms with Crippen LogP contribution in [-0.2, 0) is 0 Å². The number of carbonyl (C=O) groups is 1. The van der Waals surface area contributed by atoms with Crippen LogP contribution in [0.15, 0.2) is 36.7 Å². The molecule has 2 aromatic heterocycles. The molecule has 3 aromatic rings. The van der Waals surface area contributed by atoms with Gasteiger partial charge in [-0.3, -0.25) is 4.79 Å². The third-order valence-corrected chi connectivity index (χ3v) is 5.86. The second-order valence-corrected chi connectivity index (χ2v) is 9.47. The van der Waals surface area contributed by atoms with Gasteiger partial charge in [0.2, 0.25) is 0 Å². The fourth-order valence-corrected chi connectivity index (χ4v) is 3.88. The maximum Gasteiger partial charge on any atom is 0.171 e. The minimum Gasteiger partial charge on any atom is -0.371 e. The Morgan fingerprint density at radius 1 is 1.34 bits per heavy atom. The number of fused-ring (bicyclic) bond motifs is 1. The van der Waals surface area contributed by atoms with Crippen molar-refractivity contribution >= 4 is 22.6 Å². The zero-order valence-electron chi connectivity index (χ0n) is 17.6. The smallest absolute Gasteiger partial charge is 0.171 e. The molecule has 6 heteroatoms. The van der Waals surface area contributed by atoms with Gasteiger partial charge in [0.1, 0.15) is 5.52 Å². The quantitative estimate of drug-likeness (QED) is 0.656. The second-order valence-electron chi connectivity index (χ2n) is 9.47. The van der Waals surface area contributed by atoms with Gasteiger partial charge in [0, 0.05) is 36.0 Å². The molecule has 1 atom stereocenters. The molecule has 3 heterocycles. The summed E-state index contributed by atoms with van der Waals surface area (Å²) in [5.74, 6) is 0.0575. The SMILES string of the molecule is CC1(CN)CCN(c2cccc(-c3cnc4[nH]cc(C(=O)C(C)(C)C)c4n3)c2)C1. The van der Waals surface area contributed by atoms with E-state index in [1.54, 1.807) is 12.4 Å². The summed E-state index contributed by atoms with van der Waals surface area (Å²) in [5.41, 5.74) is 10.4. The largest absolute Gasteiger partial charge is 0.371 e. The summed E-state index contributed by atoms with van der Waals surface area (Å²) >= 11 is 0.